The van der Waals surface area contributed by atoms with Crippen molar-refractivity contribution >= 4 is 28.9 Å². The van der Waals surface area contributed by atoms with E-state index >= 15 is 0 Å². The van der Waals surface area contributed by atoms with E-state index in [2.05, 4.69) is 11.1 Å². The number of aromatic nitrogens is 1. The molecule has 23 heavy (non-hydrogen) atoms. The highest BCUT2D eigenvalue weighted by atomic mass is 32.2. The standard InChI is InChI=1S/C16H14N2O3S2/c1-10-8-23-16(18-10)12(7-17)13(19)9-22-11-2-3-14-15(6-11)21-5-4-20-14/h2-3,6,8,12H,4-5,9H2,1H3/t12-/m1/s1. The summed E-state index contributed by atoms with van der Waals surface area (Å²) in [5.74, 6) is 0.706. The van der Waals surface area contributed by atoms with Gasteiger partial charge in [0.05, 0.1) is 11.8 Å². The first kappa shape index (κ1) is 15.8. The van der Waals surface area contributed by atoms with Gasteiger partial charge in [0.2, 0.25) is 0 Å². The van der Waals surface area contributed by atoms with Crippen molar-refractivity contribution in [3.8, 4) is 17.6 Å². The zero-order chi connectivity index (χ0) is 16.2. The molecular formula is C16H14N2O3S2. The lowest BCUT2D eigenvalue weighted by atomic mass is 10.1. The van der Waals surface area contributed by atoms with E-state index in [1.165, 1.54) is 23.1 Å². The highest BCUT2D eigenvalue weighted by Gasteiger charge is 2.23. The lowest BCUT2D eigenvalue weighted by Gasteiger charge is -2.18. The van der Waals surface area contributed by atoms with Gasteiger partial charge in [0, 0.05) is 16.0 Å². The smallest absolute Gasteiger partial charge is 0.167 e. The predicted octanol–water partition coefficient (Wildman–Crippen LogP) is 3.19. The van der Waals surface area contributed by atoms with Crippen molar-refractivity contribution in [2.75, 3.05) is 19.0 Å². The van der Waals surface area contributed by atoms with E-state index in [0.717, 1.165) is 16.3 Å². The second-order valence-electron chi connectivity index (χ2n) is 4.95. The van der Waals surface area contributed by atoms with Crippen LogP contribution in [-0.2, 0) is 4.79 Å². The molecule has 2 aromatic rings. The largest absolute Gasteiger partial charge is 0.486 e. The minimum absolute atomic E-state index is 0.137. The summed E-state index contributed by atoms with van der Waals surface area (Å²) in [5.41, 5.74) is 0.831. The quantitative estimate of drug-likeness (QED) is 0.774. The van der Waals surface area contributed by atoms with Gasteiger partial charge in [-0.1, -0.05) is 0 Å². The molecule has 1 atom stereocenters. The predicted molar refractivity (Wildman–Crippen MR) is 88.4 cm³/mol. The molecule has 3 rings (SSSR count). The Balaban J connectivity index is 1.65. The summed E-state index contributed by atoms with van der Waals surface area (Å²) >= 11 is 2.74. The average molecular weight is 346 g/mol. The molecule has 1 aromatic heterocycles. The second-order valence-corrected chi connectivity index (χ2v) is 6.89. The molecule has 0 radical (unpaired) electrons. The van der Waals surface area contributed by atoms with Crippen LogP contribution in [0.1, 0.15) is 16.6 Å². The number of fused-ring (bicyclic) bond motifs is 1. The molecule has 0 saturated heterocycles. The van der Waals surface area contributed by atoms with Crippen molar-refractivity contribution in [2.45, 2.75) is 17.7 Å². The normalized spacial score (nSPS) is 14.1. The van der Waals surface area contributed by atoms with Gasteiger partial charge in [0.1, 0.15) is 18.2 Å². The molecule has 0 aliphatic carbocycles. The third kappa shape index (κ3) is 3.66. The van der Waals surface area contributed by atoms with Crippen molar-refractivity contribution in [1.82, 2.24) is 4.98 Å². The Morgan fingerprint density at radius 2 is 2.22 bits per heavy atom. The molecule has 118 valence electrons. The third-order valence-corrected chi connectivity index (χ3v) is 5.27. The van der Waals surface area contributed by atoms with Gasteiger partial charge >= 0.3 is 0 Å². The van der Waals surface area contributed by atoms with Gasteiger partial charge in [0.25, 0.3) is 0 Å². The van der Waals surface area contributed by atoms with Gasteiger partial charge in [-0.3, -0.25) is 4.79 Å². The van der Waals surface area contributed by atoms with E-state index in [1.807, 2.05) is 30.5 Å². The van der Waals surface area contributed by atoms with E-state index < -0.39 is 5.92 Å². The molecule has 0 bridgehead atoms. The summed E-state index contributed by atoms with van der Waals surface area (Å²) in [7, 11) is 0. The van der Waals surface area contributed by atoms with E-state index in [1.54, 1.807) is 0 Å². The zero-order valence-corrected chi connectivity index (χ0v) is 14.1. The van der Waals surface area contributed by atoms with E-state index in [0.29, 0.717) is 24.0 Å². The fraction of sp³-hybridized carbons (Fsp3) is 0.312. The van der Waals surface area contributed by atoms with Crippen LogP contribution in [0.2, 0.25) is 0 Å². The summed E-state index contributed by atoms with van der Waals surface area (Å²) in [5, 5.41) is 11.7. The number of Topliss-reactive ketones (excluding diaryl/α,β-unsaturated/α-hetero) is 1. The maximum Gasteiger partial charge on any atom is 0.167 e. The Kier molecular flexibility index (Phi) is 4.84. The van der Waals surface area contributed by atoms with Crippen LogP contribution in [0.15, 0.2) is 28.5 Å². The molecule has 5 nitrogen and oxygen atoms in total. The lowest BCUT2D eigenvalue weighted by molar-refractivity contribution is -0.116. The van der Waals surface area contributed by atoms with E-state index in [4.69, 9.17) is 9.47 Å². The maximum absolute atomic E-state index is 12.3. The van der Waals surface area contributed by atoms with Crippen LogP contribution in [0.3, 0.4) is 0 Å². The number of hydrogen-bond acceptors (Lipinski definition) is 7. The Labute approximate surface area is 142 Å². The van der Waals surface area contributed by atoms with Crippen LogP contribution in [-0.4, -0.2) is 29.7 Å². The van der Waals surface area contributed by atoms with Gasteiger partial charge in [-0.05, 0) is 25.1 Å². The summed E-state index contributed by atoms with van der Waals surface area (Å²) < 4.78 is 11.0. The van der Waals surface area contributed by atoms with Crippen LogP contribution in [0.5, 0.6) is 11.5 Å². The van der Waals surface area contributed by atoms with Crippen LogP contribution < -0.4 is 9.47 Å². The lowest BCUT2D eigenvalue weighted by Crippen LogP contribution is -2.15. The second kappa shape index (κ2) is 7.02. The molecular weight excluding hydrogens is 332 g/mol. The van der Waals surface area contributed by atoms with Crippen LogP contribution in [0, 0.1) is 18.3 Å². The van der Waals surface area contributed by atoms with Crippen molar-refractivity contribution in [3.63, 3.8) is 0 Å². The first-order valence-corrected chi connectivity index (χ1v) is 8.90. The van der Waals surface area contributed by atoms with Gasteiger partial charge in [-0.15, -0.1) is 23.1 Å². The van der Waals surface area contributed by atoms with Gasteiger partial charge < -0.3 is 9.47 Å². The molecule has 0 fully saturated rings. The number of nitrogens with zero attached hydrogens (tertiary/aromatic N) is 2. The summed E-state index contributed by atoms with van der Waals surface area (Å²) in [6.07, 6.45) is 0. The molecule has 1 aromatic carbocycles. The molecule has 0 saturated carbocycles. The maximum atomic E-state index is 12.3. The average Bonchev–Trinajstić information content (AvgIpc) is 2.99. The number of aryl methyl sites for hydroxylation is 1. The van der Waals surface area contributed by atoms with Crippen molar-refractivity contribution in [1.29, 1.82) is 5.26 Å². The topological polar surface area (TPSA) is 72.2 Å². The Morgan fingerprint density at radius 1 is 1.43 bits per heavy atom. The Hall–Kier alpha value is -2.04. The Morgan fingerprint density at radius 3 is 2.91 bits per heavy atom. The van der Waals surface area contributed by atoms with Crippen LogP contribution in [0.4, 0.5) is 0 Å². The van der Waals surface area contributed by atoms with E-state index in [9.17, 15) is 10.1 Å². The highest BCUT2D eigenvalue weighted by Crippen LogP contribution is 2.34. The van der Waals surface area contributed by atoms with Crippen molar-refractivity contribution in [2.24, 2.45) is 0 Å². The number of rotatable bonds is 5. The number of benzene rings is 1. The molecule has 0 spiro atoms. The van der Waals surface area contributed by atoms with Crippen molar-refractivity contribution in [3.05, 3.63) is 34.3 Å². The van der Waals surface area contributed by atoms with Gasteiger partial charge in [0.15, 0.2) is 23.2 Å². The molecule has 7 heteroatoms. The molecule has 0 N–H and O–H groups in total. The number of hydrogen-bond donors (Lipinski definition) is 0. The number of ketones is 1. The minimum atomic E-state index is -0.793. The summed E-state index contributed by atoms with van der Waals surface area (Å²) in [6.45, 7) is 2.93. The third-order valence-electron chi connectivity index (χ3n) is 3.23. The molecule has 1 aliphatic heterocycles. The van der Waals surface area contributed by atoms with Gasteiger partial charge in [-0.25, -0.2) is 4.98 Å². The Bertz CT molecular complexity index is 767. The summed E-state index contributed by atoms with van der Waals surface area (Å²) in [6, 6.07) is 7.65. The molecule has 2 heterocycles. The van der Waals surface area contributed by atoms with Crippen molar-refractivity contribution < 1.29 is 14.3 Å². The number of thioether (sulfide) groups is 1. The first-order chi connectivity index (χ1) is 11.2. The number of ether oxygens (including phenoxy) is 2. The SMILES string of the molecule is Cc1csc([C@H](C#N)C(=O)CSc2ccc3c(c2)OCCO3)n1. The fourth-order valence-corrected chi connectivity index (χ4v) is 3.81. The minimum Gasteiger partial charge on any atom is -0.486 e. The zero-order valence-electron chi connectivity index (χ0n) is 12.4. The number of thiazole rings is 1. The number of carbonyl (C=O) groups excluding carboxylic acids is 1. The summed E-state index contributed by atoms with van der Waals surface area (Å²) in [4.78, 5) is 17.5. The number of nitriles is 1. The number of carbonyl (C=O) groups is 1. The van der Waals surface area contributed by atoms with Crippen LogP contribution >= 0.6 is 23.1 Å². The van der Waals surface area contributed by atoms with E-state index in [-0.39, 0.29) is 11.5 Å². The van der Waals surface area contributed by atoms with Gasteiger partial charge in [-0.2, -0.15) is 5.26 Å². The monoisotopic (exact) mass is 346 g/mol. The first-order valence-electron chi connectivity index (χ1n) is 7.04. The molecule has 0 unspecified atom stereocenters. The molecule has 0 amide bonds. The molecule has 1 aliphatic rings. The highest BCUT2D eigenvalue weighted by molar-refractivity contribution is 8.00. The fourth-order valence-electron chi connectivity index (χ4n) is 2.12. The van der Waals surface area contributed by atoms with Crippen LogP contribution in [0.25, 0.3) is 0 Å².